The molecule has 3 aliphatic heterocycles. The highest BCUT2D eigenvalue weighted by Gasteiger charge is 2.32. The fraction of sp³-hybridized carbons (Fsp3) is 0.490. The van der Waals surface area contributed by atoms with Gasteiger partial charge in [-0.3, -0.25) is 47.5 Å². The summed E-state index contributed by atoms with van der Waals surface area (Å²) in [7, 11) is 4.62. The molecule has 3 N–H and O–H groups in total. The van der Waals surface area contributed by atoms with Gasteiger partial charge in [-0.1, -0.05) is 25.5 Å². The average Bonchev–Trinajstić information content (AvgIpc) is 3.70. The van der Waals surface area contributed by atoms with Gasteiger partial charge in [0.15, 0.2) is 23.0 Å². The number of carboxylic acid groups (broad SMARTS) is 1. The number of amides is 3. The second-order valence-corrected chi connectivity index (χ2v) is 18.3. The summed E-state index contributed by atoms with van der Waals surface area (Å²) in [6.07, 6.45) is 5.88. The van der Waals surface area contributed by atoms with Crippen LogP contribution < -0.4 is 20.9 Å². The van der Waals surface area contributed by atoms with Crippen molar-refractivity contribution >= 4 is 46.6 Å². The van der Waals surface area contributed by atoms with Gasteiger partial charge in [-0.25, -0.2) is 18.7 Å². The molecule has 5 heterocycles. The predicted molar refractivity (Wildman–Crippen MR) is 257 cm³/mol. The maximum atomic E-state index is 14.0. The van der Waals surface area contributed by atoms with Gasteiger partial charge in [-0.05, 0) is 99.6 Å². The van der Waals surface area contributed by atoms with Gasteiger partial charge in [0.1, 0.15) is 23.3 Å². The highest BCUT2D eigenvalue weighted by atomic mass is 19.1. The third-order valence-corrected chi connectivity index (χ3v) is 13.6. The van der Waals surface area contributed by atoms with Crippen LogP contribution in [0, 0.1) is 11.6 Å². The van der Waals surface area contributed by atoms with E-state index in [9.17, 15) is 57.4 Å². The van der Waals surface area contributed by atoms with Crippen LogP contribution in [0.2, 0.25) is 0 Å². The molecular formula is C51H61F2N7O11. The number of aromatic hydroxyl groups is 2. The third kappa shape index (κ3) is 12.4. The van der Waals surface area contributed by atoms with Crippen molar-refractivity contribution in [1.29, 1.82) is 0 Å². The number of Topliss-reactive ketones (excluding diaryl/α,β-unsaturated/α-hetero) is 2. The first-order valence-corrected chi connectivity index (χ1v) is 24.1. The SMILES string of the molecule is CCC1CCCCn2c1nc(C(=O)CCc1ccc(F)cc1N(C)C(=O)CCCC(=O)O)c(O)c2=O.CN1C(=O)CCCC(=O)N(C)C2CCCCn3c2nc(c(O)c3=O)C(=O)CCc2ccc(F)cc21. The Morgan fingerprint density at radius 3 is 2.10 bits per heavy atom. The number of rotatable bonds is 10. The van der Waals surface area contributed by atoms with Gasteiger partial charge in [-0.15, -0.1) is 0 Å². The van der Waals surface area contributed by atoms with E-state index in [1.165, 1.54) is 74.3 Å². The van der Waals surface area contributed by atoms with Crippen LogP contribution in [0.25, 0.3) is 0 Å². The summed E-state index contributed by atoms with van der Waals surface area (Å²) in [6.45, 7) is 2.78. The number of benzene rings is 2. The largest absolute Gasteiger partial charge is 0.501 e. The molecule has 380 valence electrons. The second-order valence-electron chi connectivity index (χ2n) is 18.3. The lowest BCUT2D eigenvalue weighted by atomic mass is 9.99. The van der Waals surface area contributed by atoms with Crippen molar-refractivity contribution < 1.29 is 52.9 Å². The van der Waals surface area contributed by atoms with Crippen LogP contribution in [0.1, 0.15) is 159 Å². The van der Waals surface area contributed by atoms with Gasteiger partial charge in [0, 0.05) is 90.1 Å². The van der Waals surface area contributed by atoms with Gasteiger partial charge in [0.25, 0.3) is 11.1 Å². The molecule has 0 radical (unpaired) electrons. The van der Waals surface area contributed by atoms with E-state index in [4.69, 9.17) is 5.11 Å². The van der Waals surface area contributed by atoms with Crippen LogP contribution >= 0.6 is 0 Å². The van der Waals surface area contributed by atoms with Crippen molar-refractivity contribution in [3.63, 3.8) is 0 Å². The van der Waals surface area contributed by atoms with Crippen molar-refractivity contribution in [3.8, 4) is 11.5 Å². The topological polar surface area (TPSA) is 243 Å². The summed E-state index contributed by atoms with van der Waals surface area (Å²) < 4.78 is 30.8. The first-order chi connectivity index (χ1) is 33.8. The summed E-state index contributed by atoms with van der Waals surface area (Å²) in [5.41, 5.74) is -0.190. The number of carbonyl (C=O) groups is 6. The number of fused-ring (bicyclic) bond motifs is 3. The molecule has 2 aromatic carbocycles. The van der Waals surface area contributed by atoms with Crippen LogP contribution in [0.5, 0.6) is 11.5 Å². The van der Waals surface area contributed by atoms with E-state index in [1.807, 2.05) is 6.92 Å². The van der Waals surface area contributed by atoms with Crippen LogP contribution in [0.3, 0.4) is 0 Å². The number of anilines is 2. The number of ketones is 2. The number of carbonyl (C=O) groups excluding carboxylic acids is 5. The van der Waals surface area contributed by atoms with Gasteiger partial charge >= 0.3 is 5.97 Å². The zero-order valence-electron chi connectivity index (χ0n) is 40.5. The quantitative estimate of drug-likeness (QED) is 0.143. The molecular weight excluding hydrogens is 925 g/mol. The minimum Gasteiger partial charge on any atom is -0.501 e. The number of halogens is 2. The Morgan fingerprint density at radius 1 is 0.746 bits per heavy atom. The number of hydrogen-bond acceptors (Lipinski definition) is 12. The first-order valence-electron chi connectivity index (χ1n) is 24.1. The summed E-state index contributed by atoms with van der Waals surface area (Å²) in [5, 5.41) is 29.8. The maximum absolute atomic E-state index is 14.0. The Labute approximate surface area is 408 Å². The molecule has 0 aliphatic carbocycles. The second kappa shape index (κ2) is 23.7. The third-order valence-electron chi connectivity index (χ3n) is 13.6. The normalized spacial score (nSPS) is 17.5. The average molecular weight is 986 g/mol. The van der Waals surface area contributed by atoms with Gasteiger partial charge < -0.3 is 30.0 Å². The van der Waals surface area contributed by atoms with E-state index in [2.05, 4.69) is 9.97 Å². The monoisotopic (exact) mass is 985 g/mol. The lowest BCUT2D eigenvalue weighted by Crippen LogP contribution is -2.36. The Kier molecular flexibility index (Phi) is 17.7. The van der Waals surface area contributed by atoms with E-state index in [1.54, 1.807) is 7.05 Å². The maximum Gasteiger partial charge on any atom is 0.303 e. The van der Waals surface area contributed by atoms with E-state index < -0.39 is 57.8 Å². The number of aromatic nitrogens is 4. The molecule has 71 heavy (non-hydrogen) atoms. The molecule has 0 saturated carbocycles. The molecule has 7 rings (SSSR count). The lowest BCUT2D eigenvalue weighted by Gasteiger charge is -2.28. The summed E-state index contributed by atoms with van der Waals surface area (Å²) in [4.78, 5) is 114. The molecule has 2 atom stereocenters. The van der Waals surface area contributed by atoms with Crippen molar-refractivity contribution in [2.75, 3.05) is 30.9 Å². The Morgan fingerprint density at radius 2 is 1.39 bits per heavy atom. The van der Waals surface area contributed by atoms with Crippen LogP contribution in [-0.2, 0) is 45.1 Å². The standard InChI is InChI=1S/C26H32FN3O6.C25H29FN4O5/c1-3-16-7-4-5-14-30-25(16)28-23(24(35)26(30)36)20(31)13-11-17-10-12-18(27)15-19(17)29(2)21(32)8-6-9-22(33)34;1-28-17-6-3-4-13-30-24(17)27-22(23(34)25(30)35)19(31)12-10-15-9-11-16(26)14-18(15)29(2)21(33)8-5-7-20(28)32/h10,12,15-16,35H,3-9,11,13-14H2,1-2H3,(H,33,34);9,11,14,17,34H,3-8,10,12-13H2,1-2H3. The molecule has 2 aromatic heterocycles. The number of aliphatic carboxylic acids is 1. The minimum atomic E-state index is -1.00. The van der Waals surface area contributed by atoms with Crippen molar-refractivity contribution in [2.24, 2.45) is 0 Å². The fourth-order valence-corrected chi connectivity index (χ4v) is 9.38. The van der Waals surface area contributed by atoms with Crippen molar-refractivity contribution in [3.05, 3.63) is 103 Å². The first kappa shape index (κ1) is 53.2. The molecule has 0 spiro atoms. The number of aryl methyl sites for hydroxylation is 2. The molecule has 0 saturated heterocycles. The summed E-state index contributed by atoms with van der Waals surface area (Å²) >= 11 is 0. The van der Waals surface area contributed by atoms with Crippen LogP contribution in [0.4, 0.5) is 20.2 Å². The Hall–Kier alpha value is -7.12. The highest BCUT2D eigenvalue weighted by Crippen LogP contribution is 2.32. The van der Waals surface area contributed by atoms with Gasteiger partial charge in [0.2, 0.25) is 29.2 Å². The van der Waals surface area contributed by atoms with E-state index in [0.717, 1.165) is 32.1 Å². The Bertz CT molecular complexity index is 2830. The van der Waals surface area contributed by atoms with Crippen molar-refractivity contribution in [1.82, 2.24) is 24.0 Å². The van der Waals surface area contributed by atoms with E-state index in [-0.39, 0.29) is 104 Å². The van der Waals surface area contributed by atoms with Crippen LogP contribution in [0.15, 0.2) is 46.0 Å². The van der Waals surface area contributed by atoms with E-state index >= 15 is 0 Å². The van der Waals surface area contributed by atoms with Crippen LogP contribution in [-0.4, -0.2) is 95.7 Å². The minimum absolute atomic E-state index is 0.0207. The molecule has 2 bridgehead atoms. The number of nitrogens with zero attached hydrogens (tertiary/aromatic N) is 7. The smallest absolute Gasteiger partial charge is 0.303 e. The number of hydrogen-bond donors (Lipinski definition) is 3. The summed E-state index contributed by atoms with van der Waals surface area (Å²) in [5.74, 6) is -4.54. The molecule has 0 fully saturated rings. The fourth-order valence-electron chi connectivity index (χ4n) is 9.38. The van der Waals surface area contributed by atoms with Crippen molar-refractivity contribution in [2.45, 2.75) is 141 Å². The zero-order chi connectivity index (χ0) is 51.7. The lowest BCUT2D eigenvalue weighted by molar-refractivity contribution is -0.137. The molecule has 20 heteroatoms. The highest BCUT2D eigenvalue weighted by molar-refractivity contribution is 5.98. The van der Waals surface area contributed by atoms with Gasteiger partial charge in [0.05, 0.1) is 6.04 Å². The summed E-state index contributed by atoms with van der Waals surface area (Å²) in [6, 6.07) is 7.36. The molecule has 3 amide bonds. The van der Waals surface area contributed by atoms with Gasteiger partial charge in [-0.2, -0.15) is 0 Å². The van der Waals surface area contributed by atoms with E-state index in [0.29, 0.717) is 55.0 Å². The Balaban J connectivity index is 0.000000232. The number of carboxylic acids is 1. The molecule has 3 aliphatic rings. The predicted octanol–water partition coefficient (Wildman–Crippen LogP) is 6.53. The molecule has 2 unspecified atom stereocenters. The molecule has 4 aromatic rings. The molecule has 18 nitrogen and oxygen atoms in total. The zero-order valence-corrected chi connectivity index (χ0v) is 40.5.